The van der Waals surface area contributed by atoms with Crippen LogP contribution in [-0.4, -0.2) is 44.6 Å². The van der Waals surface area contributed by atoms with Crippen molar-refractivity contribution in [2.24, 2.45) is 0 Å². The Morgan fingerprint density at radius 1 is 1.40 bits per heavy atom. The molecule has 0 aromatic carbocycles. The van der Waals surface area contributed by atoms with E-state index in [1.165, 1.54) is 0 Å². The minimum absolute atomic E-state index is 0.0730. The van der Waals surface area contributed by atoms with Crippen LogP contribution >= 0.6 is 0 Å². The first-order chi connectivity index (χ1) is 6.89. The normalized spacial score (nSPS) is 16.3. The summed E-state index contributed by atoms with van der Waals surface area (Å²) in [4.78, 5) is 0. The summed E-state index contributed by atoms with van der Waals surface area (Å²) in [5, 5.41) is 9.06. The topological polar surface area (TPSA) is 75.6 Å². The fourth-order valence-corrected chi connectivity index (χ4v) is 2.35. The minimum atomic E-state index is -3.37. The van der Waals surface area contributed by atoms with Crippen molar-refractivity contribution in [1.29, 1.82) is 0 Å². The van der Waals surface area contributed by atoms with Crippen LogP contribution in [0.3, 0.4) is 0 Å². The van der Waals surface area contributed by atoms with Crippen LogP contribution in [0.2, 0.25) is 0 Å². The molecule has 0 bridgehead atoms. The van der Waals surface area contributed by atoms with Crippen molar-refractivity contribution in [3.63, 3.8) is 0 Å². The highest BCUT2D eigenvalue weighted by atomic mass is 32.2. The predicted octanol–water partition coefficient (Wildman–Crippen LogP) is 0.103. The van der Waals surface area contributed by atoms with Gasteiger partial charge in [-0.2, -0.15) is 0 Å². The predicted molar refractivity (Wildman–Crippen MR) is 59.2 cm³/mol. The molecular weight excluding hydrogens is 218 g/mol. The molecule has 5 nitrogen and oxygen atoms in total. The van der Waals surface area contributed by atoms with Gasteiger partial charge in [0, 0.05) is 6.61 Å². The van der Waals surface area contributed by atoms with Gasteiger partial charge >= 0.3 is 0 Å². The molecule has 0 saturated heterocycles. The van der Waals surface area contributed by atoms with Gasteiger partial charge in [0.15, 0.2) is 0 Å². The number of hydrogen-bond acceptors (Lipinski definition) is 4. The fraction of sp³-hybridized carbons (Fsp3) is 1.00. The minimum Gasteiger partial charge on any atom is -0.394 e. The van der Waals surface area contributed by atoms with Gasteiger partial charge in [0.1, 0.15) is 0 Å². The summed E-state index contributed by atoms with van der Waals surface area (Å²) in [5.74, 6) is -0.0730. The van der Waals surface area contributed by atoms with E-state index >= 15 is 0 Å². The molecule has 0 radical (unpaired) electrons. The van der Waals surface area contributed by atoms with E-state index in [2.05, 4.69) is 4.72 Å². The van der Waals surface area contributed by atoms with Gasteiger partial charge in [0.25, 0.3) is 0 Å². The van der Waals surface area contributed by atoms with Gasteiger partial charge in [0.05, 0.1) is 24.5 Å². The second-order valence-electron chi connectivity index (χ2n) is 3.69. The van der Waals surface area contributed by atoms with Crippen molar-refractivity contribution < 1.29 is 18.3 Å². The Hall–Kier alpha value is -0.170. The van der Waals surface area contributed by atoms with E-state index in [4.69, 9.17) is 9.84 Å². The molecule has 92 valence electrons. The largest absolute Gasteiger partial charge is 0.394 e. The molecule has 0 rings (SSSR count). The SMILES string of the molecule is CCOCCS(=O)(=O)NC(C)(CC)CO. The maximum atomic E-state index is 11.5. The first-order valence-electron chi connectivity index (χ1n) is 5.09. The lowest BCUT2D eigenvalue weighted by Gasteiger charge is -2.26. The Morgan fingerprint density at radius 3 is 2.40 bits per heavy atom. The van der Waals surface area contributed by atoms with Crippen LogP contribution < -0.4 is 4.72 Å². The summed E-state index contributed by atoms with van der Waals surface area (Å²) in [5.41, 5.74) is -0.773. The molecule has 6 heteroatoms. The van der Waals surface area contributed by atoms with Crippen LogP contribution in [0.5, 0.6) is 0 Å². The van der Waals surface area contributed by atoms with E-state index in [1.54, 1.807) is 6.92 Å². The zero-order valence-electron chi connectivity index (χ0n) is 9.62. The third kappa shape index (κ3) is 6.09. The third-order valence-electron chi connectivity index (χ3n) is 2.23. The highest BCUT2D eigenvalue weighted by Crippen LogP contribution is 2.09. The van der Waals surface area contributed by atoms with Crippen LogP contribution in [0, 0.1) is 0 Å². The summed E-state index contributed by atoms with van der Waals surface area (Å²) in [6.07, 6.45) is 0.539. The van der Waals surface area contributed by atoms with Crippen LogP contribution in [0.4, 0.5) is 0 Å². The van der Waals surface area contributed by atoms with Crippen LogP contribution in [0.1, 0.15) is 27.2 Å². The van der Waals surface area contributed by atoms with Crippen LogP contribution in [0.25, 0.3) is 0 Å². The summed E-state index contributed by atoms with van der Waals surface area (Å²) < 4.78 is 30.5. The lowest BCUT2D eigenvalue weighted by molar-refractivity contribution is 0.162. The maximum Gasteiger partial charge on any atom is 0.214 e. The smallest absolute Gasteiger partial charge is 0.214 e. The van der Waals surface area contributed by atoms with Crippen molar-refractivity contribution in [2.45, 2.75) is 32.7 Å². The molecule has 0 fully saturated rings. The number of aliphatic hydroxyl groups is 1. The van der Waals surface area contributed by atoms with Gasteiger partial charge in [-0.1, -0.05) is 6.92 Å². The summed E-state index contributed by atoms with van der Waals surface area (Å²) >= 11 is 0. The summed E-state index contributed by atoms with van der Waals surface area (Å²) in [6, 6.07) is 0. The standard InChI is InChI=1S/C9H21NO4S/c1-4-9(3,8-11)10-15(12,13)7-6-14-5-2/h10-11H,4-8H2,1-3H3. The Balaban J connectivity index is 4.24. The van der Waals surface area contributed by atoms with Crippen LogP contribution in [0.15, 0.2) is 0 Å². The number of rotatable bonds is 8. The second-order valence-corrected chi connectivity index (χ2v) is 5.53. The Kier molecular flexibility index (Phi) is 6.35. The van der Waals surface area contributed by atoms with Gasteiger partial charge in [-0.15, -0.1) is 0 Å². The summed E-state index contributed by atoms with van der Waals surface area (Å²) in [6.45, 7) is 5.77. The molecule has 0 aliphatic heterocycles. The molecule has 0 aliphatic carbocycles. The number of aliphatic hydroxyl groups excluding tert-OH is 1. The van der Waals surface area contributed by atoms with Crippen molar-refractivity contribution in [2.75, 3.05) is 25.6 Å². The zero-order valence-corrected chi connectivity index (χ0v) is 10.4. The van der Waals surface area contributed by atoms with E-state index in [0.717, 1.165) is 0 Å². The maximum absolute atomic E-state index is 11.5. The molecule has 1 unspecified atom stereocenters. The van der Waals surface area contributed by atoms with Crippen LogP contribution in [-0.2, 0) is 14.8 Å². The molecule has 15 heavy (non-hydrogen) atoms. The molecule has 0 heterocycles. The lowest BCUT2D eigenvalue weighted by atomic mass is 10.0. The molecule has 0 amide bonds. The number of hydrogen-bond donors (Lipinski definition) is 2. The van der Waals surface area contributed by atoms with Crippen molar-refractivity contribution in [1.82, 2.24) is 4.72 Å². The van der Waals surface area contributed by atoms with Gasteiger partial charge in [-0.3, -0.25) is 0 Å². The molecule has 1 atom stereocenters. The van der Waals surface area contributed by atoms with E-state index in [9.17, 15) is 8.42 Å². The van der Waals surface area contributed by atoms with Gasteiger partial charge in [0.2, 0.25) is 10.0 Å². The molecule has 0 aromatic rings. The first kappa shape index (κ1) is 14.8. The highest BCUT2D eigenvalue weighted by Gasteiger charge is 2.26. The van der Waals surface area contributed by atoms with E-state index in [0.29, 0.717) is 13.0 Å². The lowest BCUT2D eigenvalue weighted by Crippen LogP contribution is -2.49. The Labute approximate surface area is 91.9 Å². The Bertz CT molecular complexity index is 259. The highest BCUT2D eigenvalue weighted by molar-refractivity contribution is 7.89. The van der Waals surface area contributed by atoms with E-state index < -0.39 is 15.6 Å². The summed E-state index contributed by atoms with van der Waals surface area (Å²) in [7, 11) is -3.37. The quantitative estimate of drug-likeness (QED) is 0.589. The molecule has 2 N–H and O–H groups in total. The molecule has 0 spiro atoms. The van der Waals surface area contributed by atoms with Crippen molar-refractivity contribution >= 4 is 10.0 Å². The second kappa shape index (κ2) is 6.42. The van der Waals surface area contributed by atoms with E-state index in [1.807, 2.05) is 13.8 Å². The molecule has 0 saturated carbocycles. The number of ether oxygens (including phenoxy) is 1. The van der Waals surface area contributed by atoms with Gasteiger partial charge < -0.3 is 9.84 Å². The fourth-order valence-electron chi connectivity index (χ4n) is 0.956. The van der Waals surface area contributed by atoms with Crippen molar-refractivity contribution in [3.05, 3.63) is 0 Å². The molecule has 0 aliphatic rings. The zero-order chi connectivity index (χ0) is 11.9. The molecular formula is C9H21NO4S. The third-order valence-corrected chi connectivity index (χ3v) is 3.74. The average Bonchev–Trinajstić information content (AvgIpc) is 2.17. The van der Waals surface area contributed by atoms with Crippen molar-refractivity contribution in [3.8, 4) is 0 Å². The average molecular weight is 239 g/mol. The Morgan fingerprint density at radius 2 is 2.00 bits per heavy atom. The number of sulfonamides is 1. The first-order valence-corrected chi connectivity index (χ1v) is 6.74. The molecule has 0 aromatic heterocycles. The van der Waals surface area contributed by atoms with Gasteiger partial charge in [-0.25, -0.2) is 13.1 Å². The van der Waals surface area contributed by atoms with Gasteiger partial charge in [-0.05, 0) is 20.3 Å². The number of nitrogens with one attached hydrogen (secondary N) is 1. The monoisotopic (exact) mass is 239 g/mol. The van der Waals surface area contributed by atoms with E-state index in [-0.39, 0.29) is 19.0 Å².